The standard InChI is InChI=1S/C16H27N/c1-4-17-16(12-8-9-14(2)3)13-15-10-6-5-7-11-15/h5-7,10-11,14,16-17H,4,8-9,12-13H2,1-3H3. The first kappa shape index (κ1) is 14.2. The SMILES string of the molecule is CCNC(CCCC(C)C)Cc1ccccc1. The van der Waals surface area contributed by atoms with Crippen molar-refractivity contribution in [2.75, 3.05) is 6.54 Å². The summed E-state index contributed by atoms with van der Waals surface area (Å²) < 4.78 is 0. The summed E-state index contributed by atoms with van der Waals surface area (Å²) in [5.74, 6) is 0.828. The van der Waals surface area contributed by atoms with E-state index in [1.165, 1.54) is 24.8 Å². The molecule has 1 aromatic carbocycles. The predicted octanol–water partition coefficient (Wildman–Crippen LogP) is 4.03. The summed E-state index contributed by atoms with van der Waals surface area (Å²) >= 11 is 0. The molecular formula is C16H27N. The van der Waals surface area contributed by atoms with Gasteiger partial charge in [-0.1, -0.05) is 63.9 Å². The number of hydrogen-bond acceptors (Lipinski definition) is 1. The molecule has 0 aromatic heterocycles. The minimum Gasteiger partial charge on any atom is -0.314 e. The van der Waals surface area contributed by atoms with E-state index in [0.29, 0.717) is 6.04 Å². The molecule has 0 fully saturated rings. The van der Waals surface area contributed by atoms with Crippen LogP contribution >= 0.6 is 0 Å². The van der Waals surface area contributed by atoms with E-state index < -0.39 is 0 Å². The second-order valence-electron chi connectivity index (χ2n) is 5.27. The van der Waals surface area contributed by atoms with Crippen LogP contribution < -0.4 is 5.32 Å². The van der Waals surface area contributed by atoms with Gasteiger partial charge in [-0.25, -0.2) is 0 Å². The maximum Gasteiger partial charge on any atom is 0.0107 e. The van der Waals surface area contributed by atoms with Gasteiger partial charge in [-0.2, -0.15) is 0 Å². The Labute approximate surface area is 107 Å². The van der Waals surface area contributed by atoms with E-state index in [2.05, 4.69) is 56.4 Å². The Morgan fingerprint density at radius 1 is 1.06 bits per heavy atom. The van der Waals surface area contributed by atoms with Gasteiger partial charge in [-0.05, 0) is 30.9 Å². The maximum atomic E-state index is 3.60. The van der Waals surface area contributed by atoms with Crippen molar-refractivity contribution >= 4 is 0 Å². The number of rotatable bonds is 8. The minimum atomic E-state index is 0.640. The Morgan fingerprint density at radius 3 is 2.35 bits per heavy atom. The van der Waals surface area contributed by atoms with Gasteiger partial charge in [0, 0.05) is 6.04 Å². The first-order valence-electron chi connectivity index (χ1n) is 6.99. The molecule has 17 heavy (non-hydrogen) atoms. The molecule has 1 N–H and O–H groups in total. The first-order chi connectivity index (χ1) is 8.22. The van der Waals surface area contributed by atoms with E-state index in [1.54, 1.807) is 0 Å². The van der Waals surface area contributed by atoms with Crippen LogP contribution in [0.4, 0.5) is 0 Å². The van der Waals surface area contributed by atoms with Gasteiger partial charge in [0.05, 0.1) is 0 Å². The van der Waals surface area contributed by atoms with E-state index in [-0.39, 0.29) is 0 Å². The van der Waals surface area contributed by atoms with E-state index in [9.17, 15) is 0 Å². The monoisotopic (exact) mass is 233 g/mol. The molecule has 0 saturated carbocycles. The third kappa shape index (κ3) is 6.48. The van der Waals surface area contributed by atoms with Crippen molar-refractivity contribution in [3.05, 3.63) is 35.9 Å². The van der Waals surface area contributed by atoms with Crippen LogP contribution in [-0.4, -0.2) is 12.6 Å². The van der Waals surface area contributed by atoms with E-state index in [1.807, 2.05) is 0 Å². The molecule has 1 rings (SSSR count). The molecule has 1 atom stereocenters. The molecule has 1 nitrogen and oxygen atoms in total. The highest BCUT2D eigenvalue weighted by molar-refractivity contribution is 5.15. The van der Waals surface area contributed by atoms with Crippen LogP contribution in [-0.2, 0) is 6.42 Å². The normalized spacial score (nSPS) is 12.9. The summed E-state index contributed by atoms with van der Waals surface area (Å²) in [7, 11) is 0. The average molecular weight is 233 g/mol. The summed E-state index contributed by atoms with van der Waals surface area (Å²) in [6.45, 7) is 7.87. The van der Waals surface area contributed by atoms with Crippen molar-refractivity contribution in [3.8, 4) is 0 Å². The van der Waals surface area contributed by atoms with Gasteiger partial charge < -0.3 is 5.32 Å². The van der Waals surface area contributed by atoms with Crippen molar-refractivity contribution in [3.63, 3.8) is 0 Å². The number of hydrogen-bond donors (Lipinski definition) is 1. The van der Waals surface area contributed by atoms with Gasteiger partial charge in [-0.3, -0.25) is 0 Å². The lowest BCUT2D eigenvalue weighted by molar-refractivity contribution is 0.442. The van der Waals surface area contributed by atoms with Gasteiger partial charge in [0.1, 0.15) is 0 Å². The maximum absolute atomic E-state index is 3.60. The highest BCUT2D eigenvalue weighted by atomic mass is 14.9. The molecule has 1 heteroatoms. The van der Waals surface area contributed by atoms with Crippen LogP contribution in [0.25, 0.3) is 0 Å². The number of nitrogens with one attached hydrogen (secondary N) is 1. The fraction of sp³-hybridized carbons (Fsp3) is 0.625. The van der Waals surface area contributed by atoms with Gasteiger partial charge in [0.2, 0.25) is 0 Å². The largest absolute Gasteiger partial charge is 0.314 e. The first-order valence-corrected chi connectivity index (χ1v) is 6.99. The van der Waals surface area contributed by atoms with E-state index in [4.69, 9.17) is 0 Å². The molecule has 0 amide bonds. The Hall–Kier alpha value is -0.820. The molecule has 1 aromatic rings. The topological polar surface area (TPSA) is 12.0 Å². The summed E-state index contributed by atoms with van der Waals surface area (Å²) in [5.41, 5.74) is 1.45. The van der Waals surface area contributed by atoms with E-state index >= 15 is 0 Å². The molecule has 0 spiro atoms. The zero-order valence-electron chi connectivity index (χ0n) is 11.6. The van der Waals surface area contributed by atoms with Gasteiger partial charge in [0.25, 0.3) is 0 Å². The molecule has 0 aliphatic heterocycles. The highest BCUT2D eigenvalue weighted by Gasteiger charge is 2.08. The lowest BCUT2D eigenvalue weighted by Crippen LogP contribution is -2.31. The van der Waals surface area contributed by atoms with Gasteiger partial charge in [0.15, 0.2) is 0 Å². The molecule has 0 bridgehead atoms. The van der Waals surface area contributed by atoms with E-state index in [0.717, 1.165) is 18.9 Å². The quantitative estimate of drug-likeness (QED) is 0.714. The molecular weight excluding hydrogens is 206 g/mol. The summed E-state index contributed by atoms with van der Waals surface area (Å²) in [5, 5.41) is 3.60. The Bertz CT molecular complexity index is 279. The molecule has 0 saturated heterocycles. The van der Waals surface area contributed by atoms with Crippen molar-refractivity contribution in [2.45, 2.75) is 52.5 Å². The highest BCUT2D eigenvalue weighted by Crippen LogP contribution is 2.12. The molecule has 0 radical (unpaired) electrons. The van der Waals surface area contributed by atoms with Crippen molar-refractivity contribution in [1.82, 2.24) is 5.32 Å². The van der Waals surface area contributed by atoms with Crippen molar-refractivity contribution < 1.29 is 0 Å². The third-order valence-electron chi connectivity index (χ3n) is 3.15. The lowest BCUT2D eigenvalue weighted by atomic mass is 9.98. The van der Waals surface area contributed by atoms with Crippen LogP contribution in [0, 0.1) is 5.92 Å². The Kier molecular flexibility index (Phi) is 6.95. The fourth-order valence-electron chi connectivity index (χ4n) is 2.24. The lowest BCUT2D eigenvalue weighted by Gasteiger charge is -2.18. The smallest absolute Gasteiger partial charge is 0.0107 e. The van der Waals surface area contributed by atoms with Gasteiger partial charge >= 0.3 is 0 Å². The number of benzene rings is 1. The molecule has 1 unspecified atom stereocenters. The second-order valence-corrected chi connectivity index (χ2v) is 5.27. The van der Waals surface area contributed by atoms with Crippen molar-refractivity contribution in [1.29, 1.82) is 0 Å². The van der Waals surface area contributed by atoms with Crippen LogP contribution in [0.1, 0.15) is 45.6 Å². The summed E-state index contributed by atoms with van der Waals surface area (Å²) in [6, 6.07) is 11.4. The molecule has 0 aliphatic carbocycles. The van der Waals surface area contributed by atoms with Crippen LogP contribution in [0.2, 0.25) is 0 Å². The molecule has 0 heterocycles. The molecule has 0 aliphatic rings. The minimum absolute atomic E-state index is 0.640. The predicted molar refractivity (Wildman–Crippen MR) is 76.3 cm³/mol. The fourth-order valence-corrected chi connectivity index (χ4v) is 2.24. The molecule has 96 valence electrons. The average Bonchev–Trinajstić information content (AvgIpc) is 2.30. The second kappa shape index (κ2) is 8.30. The van der Waals surface area contributed by atoms with Crippen LogP contribution in [0.15, 0.2) is 30.3 Å². The zero-order valence-corrected chi connectivity index (χ0v) is 11.6. The summed E-state index contributed by atoms with van der Waals surface area (Å²) in [4.78, 5) is 0. The van der Waals surface area contributed by atoms with Crippen LogP contribution in [0.3, 0.4) is 0 Å². The van der Waals surface area contributed by atoms with Crippen molar-refractivity contribution in [2.24, 2.45) is 5.92 Å². The van der Waals surface area contributed by atoms with Gasteiger partial charge in [-0.15, -0.1) is 0 Å². The third-order valence-corrected chi connectivity index (χ3v) is 3.15. The Morgan fingerprint density at radius 2 is 1.76 bits per heavy atom. The number of likely N-dealkylation sites (N-methyl/N-ethyl adjacent to an activating group) is 1. The van der Waals surface area contributed by atoms with Crippen LogP contribution in [0.5, 0.6) is 0 Å². The summed E-state index contributed by atoms with van der Waals surface area (Å²) in [6.07, 6.45) is 5.13. The zero-order chi connectivity index (χ0) is 12.5. The Balaban J connectivity index is 2.37.